The Balaban J connectivity index is 2.15. The van der Waals surface area contributed by atoms with E-state index in [1.165, 1.54) is 13.2 Å². The molecule has 1 heterocycles. The van der Waals surface area contributed by atoms with Gasteiger partial charge in [-0.3, -0.25) is 9.59 Å². The second-order valence-electron chi connectivity index (χ2n) is 5.69. The molecule has 8 heteroatoms. The molecule has 0 fully saturated rings. The van der Waals surface area contributed by atoms with Gasteiger partial charge in [-0.15, -0.1) is 11.8 Å². The van der Waals surface area contributed by atoms with Crippen LogP contribution in [0.4, 0.5) is 10.1 Å². The summed E-state index contributed by atoms with van der Waals surface area (Å²) in [5, 5.41) is 10.8. The first-order valence-corrected chi connectivity index (χ1v) is 9.02. The Labute approximate surface area is 158 Å². The summed E-state index contributed by atoms with van der Waals surface area (Å²) in [5.41, 5.74) is 1.38. The third-order valence-electron chi connectivity index (χ3n) is 4.00. The average molecular weight is 396 g/mol. The molecule has 1 aliphatic heterocycles. The molecule has 0 radical (unpaired) electrons. The molecule has 0 aliphatic carbocycles. The van der Waals surface area contributed by atoms with Gasteiger partial charge in [-0.1, -0.05) is 23.7 Å². The third kappa shape index (κ3) is 3.64. The summed E-state index contributed by atoms with van der Waals surface area (Å²) < 4.78 is 19.9. The van der Waals surface area contributed by atoms with Crippen LogP contribution in [0, 0.1) is 5.82 Å². The molecule has 2 atom stereocenters. The van der Waals surface area contributed by atoms with Gasteiger partial charge in [-0.25, -0.2) is 4.39 Å². The number of aliphatic carboxylic acids is 1. The number of fused-ring (bicyclic) bond motifs is 1. The molecule has 5 nitrogen and oxygen atoms in total. The van der Waals surface area contributed by atoms with Gasteiger partial charge in [-0.2, -0.15) is 0 Å². The van der Waals surface area contributed by atoms with Crippen molar-refractivity contribution in [3.05, 3.63) is 58.4 Å². The first-order chi connectivity index (χ1) is 12.4. The lowest BCUT2D eigenvalue weighted by Crippen LogP contribution is -2.26. The van der Waals surface area contributed by atoms with Gasteiger partial charge in [0.25, 0.3) is 0 Å². The number of carboxylic acid groups (broad SMARTS) is 1. The van der Waals surface area contributed by atoms with E-state index in [4.69, 9.17) is 21.4 Å². The Bertz CT molecular complexity index is 876. The maximum Gasteiger partial charge on any atom is 0.305 e. The van der Waals surface area contributed by atoms with Crippen LogP contribution in [0.5, 0.6) is 5.75 Å². The molecule has 0 spiro atoms. The van der Waals surface area contributed by atoms with Gasteiger partial charge in [0.2, 0.25) is 5.91 Å². The van der Waals surface area contributed by atoms with E-state index in [0.29, 0.717) is 21.8 Å². The molecule has 0 saturated carbocycles. The van der Waals surface area contributed by atoms with E-state index < -0.39 is 28.2 Å². The zero-order valence-electron chi connectivity index (χ0n) is 13.7. The lowest BCUT2D eigenvalue weighted by Gasteiger charge is -2.21. The van der Waals surface area contributed by atoms with Crippen LogP contribution in [0.3, 0.4) is 0 Å². The zero-order chi connectivity index (χ0) is 18.8. The number of carbonyl (C=O) groups excluding carboxylic acids is 1. The molecule has 1 amide bonds. The molecule has 2 N–H and O–H groups in total. The van der Waals surface area contributed by atoms with Crippen molar-refractivity contribution in [1.82, 2.24) is 0 Å². The van der Waals surface area contributed by atoms with E-state index in [1.807, 2.05) is 0 Å². The number of benzene rings is 2. The summed E-state index contributed by atoms with van der Waals surface area (Å²) in [4.78, 5) is 23.6. The van der Waals surface area contributed by atoms with Crippen LogP contribution in [-0.2, 0) is 9.59 Å². The van der Waals surface area contributed by atoms with Crippen LogP contribution >= 0.6 is 23.4 Å². The minimum absolute atomic E-state index is 0.0741. The number of anilines is 1. The summed E-state index contributed by atoms with van der Waals surface area (Å²) >= 11 is 7.18. The lowest BCUT2D eigenvalue weighted by atomic mass is 10.0. The van der Waals surface area contributed by atoms with Crippen molar-refractivity contribution >= 4 is 40.9 Å². The van der Waals surface area contributed by atoms with E-state index in [2.05, 4.69) is 5.32 Å². The van der Waals surface area contributed by atoms with Crippen molar-refractivity contribution in [3.8, 4) is 5.75 Å². The minimum Gasteiger partial charge on any atom is -0.494 e. The van der Waals surface area contributed by atoms with E-state index in [1.54, 1.807) is 30.3 Å². The van der Waals surface area contributed by atoms with Crippen molar-refractivity contribution in [2.24, 2.45) is 0 Å². The number of carbonyl (C=O) groups is 2. The molecule has 0 unspecified atom stereocenters. The molecule has 26 heavy (non-hydrogen) atoms. The molecular formula is C18H15ClFNO4S. The number of nitrogens with one attached hydrogen (secondary N) is 1. The first kappa shape index (κ1) is 18.5. The number of hydrogen-bond acceptors (Lipinski definition) is 4. The molecule has 1 aliphatic rings. The van der Waals surface area contributed by atoms with Crippen molar-refractivity contribution in [3.63, 3.8) is 0 Å². The Kier molecular flexibility index (Phi) is 5.38. The number of amides is 1. The Morgan fingerprint density at radius 2 is 2.12 bits per heavy atom. The van der Waals surface area contributed by atoms with E-state index in [9.17, 15) is 14.0 Å². The predicted molar refractivity (Wildman–Crippen MR) is 98.5 cm³/mol. The summed E-state index contributed by atoms with van der Waals surface area (Å²) in [6.45, 7) is 0. The summed E-state index contributed by atoms with van der Waals surface area (Å²) in [6, 6.07) is 9.63. The molecule has 2 aromatic rings. The van der Waals surface area contributed by atoms with Crippen LogP contribution in [-0.4, -0.2) is 29.3 Å². The fourth-order valence-corrected chi connectivity index (χ4v) is 4.41. The second-order valence-corrected chi connectivity index (χ2v) is 7.44. The highest BCUT2D eigenvalue weighted by Crippen LogP contribution is 2.47. The van der Waals surface area contributed by atoms with Crippen LogP contribution in [0.25, 0.3) is 0 Å². The van der Waals surface area contributed by atoms with E-state index in [0.717, 1.165) is 11.8 Å². The summed E-state index contributed by atoms with van der Waals surface area (Å²) in [5.74, 6) is -2.02. The highest BCUT2D eigenvalue weighted by Gasteiger charge is 2.34. The average Bonchev–Trinajstić information content (AvgIpc) is 2.72. The predicted octanol–water partition coefficient (Wildman–Crippen LogP) is 4.11. The van der Waals surface area contributed by atoms with E-state index >= 15 is 0 Å². The highest BCUT2D eigenvalue weighted by atomic mass is 35.5. The van der Waals surface area contributed by atoms with Crippen LogP contribution < -0.4 is 10.1 Å². The number of rotatable bonds is 4. The molecule has 0 bridgehead atoms. The van der Waals surface area contributed by atoms with Gasteiger partial charge >= 0.3 is 5.97 Å². The topological polar surface area (TPSA) is 75.6 Å². The lowest BCUT2D eigenvalue weighted by molar-refractivity contribution is -0.138. The van der Waals surface area contributed by atoms with Crippen LogP contribution in [0.15, 0.2) is 36.4 Å². The molecule has 2 aromatic carbocycles. The van der Waals surface area contributed by atoms with Gasteiger partial charge in [0.05, 0.1) is 24.0 Å². The number of carboxylic acids is 1. The maximum atomic E-state index is 14.9. The van der Waals surface area contributed by atoms with Gasteiger partial charge in [0.15, 0.2) is 11.6 Å². The molecular weight excluding hydrogens is 381 g/mol. The van der Waals surface area contributed by atoms with Crippen molar-refractivity contribution in [2.45, 2.75) is 16.9 Å². The van der Waals surface area contributed by atoms with Gasteiger partial charge in [-0.05, 0) is 29.8 Å². The van der Waals surface area contributed by atoms with Crippen molar-refractivity contribution < 1.29 is 23.8 Å². The molecule has 136 valence electrons. The fraction of sp³-hybridized carbons (Fsp3) is 0.222. The normalized spacial score (nSPS) is 19.3. The number of methoxy groups -OCH3 is 1. The van der Waals surface area contributed by atoms with Crippen molar-refractivity contribution in [1.29, 1.82) is 0 Å². The van der Waals surface area contributed by atoms with Crippen LogP contribution in [0.1, 0.15) is 22.8 Å². The number of ether oxygens (including phenoxy) is 1. The van der Waals surface area contributed by atoms with Gasteiger partial charge in [0, 0.05) is 16.3 Å². The smallest absolute Gasteiger partial charge is 0.305 e. The number of halogens is 2. The number of thioether (sulfide) groups is 1. The maximum absolute atomic E-state index is 14.9. The highest BCUT2D eigenvalue weighted by molar-refractivity contribution is 8.01. The van der Waals surface area contributed by atoms with E-state index in [-0.39, 0.29) is 12.2 Å². The summed E-state index contributed by atoms with van der Waals surface area (Å²) in [7, 11) is 1.37. The fourth-order valence-electron chi connectivity index (χ4n) is 2.81. The molecule has 0 saturated heterocycles. The molecule has 0 aromatic heterocycles. The van der Waals surface area contributed by atoms with Crippen molar-refractivity contribution in [2.75, 3.05) is 12.4 Å². The SMILES string of the molecule is COc1cccc([C@H]2S[C@H](CC(=O)O)C(=O)Nc3ccc(Cl)cc32)c1F. The number of hydrogen-bond donors (Lipinski definition) is 2. The third-order valence-corrected chi connectivity index (χ3v) is 5.73. The van der Waals surface area contributed by atoms with Gasteiger partial charge < -0.3 is 15.2 Å². The largest absolute Gasteiger partial charge is 0.494 e. The van der Waals surface area contributed by atoms with Crippen LogP contribution in [0.2, 0.25) is 5.02 Å². The summed E-state index contributed by atoms with van der Waals surface area (Å²) in [6.07, 6.45) is -0.375. The molecule has 3 rings (SSSR count). The Morgan fingerprint density at radius 3 is 2.81 bits per heavy atom. The quantitative estimate of drug-likeness (QED) is 0.814. The first-order valence-electron chi connectivity index (χ1n) is 7.70. The Hall–Kier alpha value is -2.25. The zero-order valence-corrected chi connectivity index (χ0v) is 15.2. The standard InChI is InChI=1S/C18H15ClFNO4S/c1-25-13-4-2-3-10(16(13)20)17-11-7-9(19)5-6-12(11)21-18(24)14(26-17)8-15(22)23/h2-7,14,17H,8H2,1H3,(H,21,24)(H,22,23)/t14-,17-/m1/s1. The monoisotopic (exact) mass is 395 g/mol. The minimum atomic E-state index is -1.11. The Morgan fingerprint density at radius 1 is 1.35 bits per heavy atom. The second kappa shape index (κ2) is 7.55. The van der Waals surface area contributed by atoms with Gasteiger partial charge in [0.1, 0.15) is 0 Å².